The van der Waals surface area contributed by atoms with Crippen molar-refractivity contribution in [1.82, 2.24) is 0 Å². The molecule has 0 unspecified atom stereocenters. The van der Waals surface area contributed by atoms with Crippen LogP contribution in [0.4, 0.5) is 22.0 Å². The number of hydrogen-bond acceptors (Lipinski definition) is 4. The molecule has 9 heteroatoms. The quantitative estimate of drug-likeness (QED) is 0.189. The van der Waals surface area contributed by atoms with Crippen molar-refractivity contribution in [1.29, 1.82) is 0 Å². The first kappa shape index (κ1) is 28.5. The lowest BCUT2D eigenvalue weighted by Crippen LogP contribution is -2.65. The first-order valence-electron chi connectivity index (χ1n) is 13.7. The van der Waals surface area contributed by atoms with Crippen LogP contribution in [0, 0.1) is 29.1 Å². The molecular weight excluding hydrogens is 529 g/mol. The monoisotopic (exact) mass is 561 g/mol. The summed E-state index contributed by atoms with van der Waals surface area (Å²) in [6, 6.07) is 7.20. The van der Waals surface area contributed by atoms with Crippen molar-refractivity contribution >= 4 is 12.0 Å². The first-order valence-corrected chi connectivity index (χ1v) is 13.7. The molecule has 0 saturated heterocycles. The maximum Gasteiger partial charge on any atom is 0.456 e. The van der Waals surface area contributed by atoms with E-state index >= 15 is 8.78 Å². The number of fused-ring (bicyclic) bond motifs is 4. The summed E-state index contributed by atoms with van der Waals surface area (Å²) in [7, 11) is 0. The Morgan fingerprint density at radius 1 is 1.12 bits per heavy atom. The van der Waals surface area contributed by atoms with Crippen LogP contribution in [0.5, 0.6) is 0 Å². The Morgan fingerprint density at radius 2 is 1.85 bits per heavy atom. The number of allylic oxidation sites excluding steroid dienone is 4. The van der Waals surface area contributed by atoms with Gasteiger partial charge in [-0.2, -0.15) is 22.0 Å². The van der Waals surface area contributed by atoms with Crippen LogP contribution >= 0.6 is 0 Å². The van der Waals surface area contributed by atoms with Gasteiger partial charge in [-0.15, -0.1) is 0 Å². The highest BCUT2D eigenvalue weighted by Crippen LogP contribution is 2.70. The second-order valence-electron chi connectivity index (χ2n) is 11.5. The van der Waals surface area contributed by atoms with E-state index in [1.54, 1.807) is 25.1 Å². The minimum Gasteiger partial charge on any atom is -0.396 e. The van der Waals surface area contributed by atoms with Gasteiger partial charge in [0.05, 0.1) is 0 Å². The van der Waals surface area contributed by atoms with Crippen molar-refractivity contribution in [2.24, 2.45) is 22.4 Å². The minimum absolute atomic E-state index is 0.0471. The maximum absolute atomic E-state index is 15.1. The molecule has 1 aromatic rings. The molecule has 0 aromatic heterocycles. The smallest absolute Gasteiger partial charge is 0.396 e. The summed E-state index contributed by atoms with van der Waals surface area (Å²) < 4.78 is 71.3. The number of ketones is 1. The molecule has 40 heavy (non-hydrogen) atoms. The summed E-state index contributed by atoms with van der Waals surface area (Å²) in [6.07, 6.45) is -1.47. The molecule has 0 aliphatic heterocycles. The number of carbonyl (C=O) groups is 1. The van der Waals surface area contributed by atoms with E-state index in [0.29, 0.717) is 37.9 Å². The van der Waals surface area contributed by atoms with Gasteiger partial charge in [0.25, 0.3) is 0 Å². The Hall–Kier alpha value is -2.99. The largest absolute Gasteiger partial charge is 0.456 e. The van der Waals surface area contributed by atoms with Gasteiger partial charge in [0.1, 0.15) is 18.4 Å². The second kappa shape index (κ2) is 10.1. The zero-order chi connectivity index (χ0) is 28.9. The average molecular weight is 562 g/mol. The summed E-state index contributed by atoms with van der Waals surface area (Å²) in [5.74, 6) is -0.772. The number of aliphatic hydroxyl groups is 1. The predicted octanol–water partition coefficient (Wildman–Crippen LogP) is 6.89. The lowest BCUT2D eigenvalue weighted by molar-refractivity contribution is -0.362. The molecule has 5 rings (SSSR count). The van der Waals surface area contributed by atoms with Crippen LogP contribution in [0.15, 0.2) is 52.2 Å². The van der Waals surface area contributed by atoms with Crippen molar-refractivity contribution in [2.75, 3.05) is 6.61 Å². The van der Waals surface area contributed by atoms with E-state index in [0.717, 1.165) is 22.3 Å². The maximum atomic E-state index is 15.1. The number of carbonyl (C=O) groups excluding carboxylic acids is 1. The van der Waals surface area contributed by atoms with Gasteiger partial charge in [0.15, 0.2) is 5.78 Å². The molecule has 1 aromatic carbocycles. The van der Waals surface area contributed by atoms with E-state index in [4.69, 9.17) is 4.84 Å². The molecule has 1 N–H and O–H groups in total. The van der Waals surface area contributed by atoms with Crippen LogP contribution in [0.25, 0.3) is 0 Å². The normalized spacial score (nSPS) is 32.1. The average Bonchev–Trinajstić information content (AvgIpc) is 3.19. The van der Waals surface area contributed by atoms with Crippen LogP contribution < -0.4 is 0 Å². The zero-order valence-electron chi connectivity index (χ0n) is 22.5. The third-order valence-corrected chi connectivity index (χ3v) is 9.61. The van der Waals surface area contributed by atoms with Crippen LogP contribution in [0.3, 0.4) is 0 Å². The van der Waals surface area contributed by atoms with Gasteiger partial charge in [-0.1, -0.05) is 35.7 Å². The molecule has 4 aliphatic rings. The van der Waals surface area contributed by atoms with Crippen molar-refractivity contribution in [2.45, 2.75) is 82.4 Å². The molecule has 4 aliphatic carbocycles. The molecule has 4 nitrogen and oxygen atoms in total. The van der Waals surface area contributed by atoms with Crippen LogP contribution in [0.1, 0.15) is 75.8 Å². The van der Waals surface area contributed by atoms with Gasteiger partial charge in [-0.05, 0) is 98.1 Å². The van der Waals surface area contributed by atoms with E-state index in [1.807, 2.05) is 12.1 Å². The molecule has 2 saturated carbocycles. The third-order valence-electron chi connectivity index (χ3n) is 9.61. The van der Waals surface area contributed by atoms with Crippen LogP contribution in [-0.2, 0) is 9.63 Å². The summed E-state index contributed by atoms with van der Waals surface area (Å²) in [4.78, 5) is 17.1. The molecule has 0 radical (unpaired) electrons. The second-order valence-corrected chi connectivity index (χ2v) is 11.5. The lowest BCUT2D eigenvalue weighted by atomic mass is 9.50. The number of hydrogen-bond donors (Lipinski definition) is 1. The van der Waals surface area contributed by atoms with Gasteiger partial charge < -0.3 is 9.94 Å². The molecule has 0 spiro atoms. The Bertz CT molecular complexity index is 1330. The Morgan fingerprint density at radius 3 is 2.52 bits per heavy atom. The number of halogens is 5. The summed E-state index contributed by atoms with van der Waals surface area (Å²) in [5.41, 5.74) is -0.433. The molecular formula is C31H32F5NO3. The van der Waals surface area contributed by atoms with Gasteiger partial charge in [-0.3, -0.25) is 4.79 Å². The molecule has 2 fully saturated rings. The zero-order valence-corrected chi connectivity index (χ0v) is 22.5. The summed E-state index contributed by atoms with van der Waals surface area (Å²) >= 11 is 0. The highest BCUT2D eigenvalue weighted by atomic mass is 19.4. The van der Waals surface area contributed by atoms with E-state index < -0.39 is 41.4 Å². The lowest BCUT2D eigenvalue weighted by Gasteiger charge is -2.56. The third kappa shape index (κ3) is 4.39. The van der Waals surface area contributed by atoms with E-state index in [9.17, 15) is 23.1 Å². The van der Waals surface area contributed by atoms with E-state index in [-0.39, 0.29) is 24.5 Å². The highest BCUT2D eigenvalue weighted by Gasteiger charge is 2.79. The fraction of sp³-hybridized carbons (Fsp3) is 0.548. The highest BCUT2D eigenvalue weighted by molar-refractivity contribution is 5.93. The number of alkyl halides is 5. The summed E-state index contributed by atoms with van der Waals surface area (Å²) in [5, 5.41) is 15.0. The molecule has 0 bridgehead atoms. The standard InChI is InChI=1S/C31H32F5NO3/c1-3-40-37-16-4-5-19-6-8-20(9-7-19)25-18-28(2)26(14-15-29(28,39)30(32,33)31(34,35)36)24-12-10-21-17-22(38)11-13-23(21)27(24)25/h6-9,16-17,24-26,39H,3,10-15,18H2,1-2H3/b37-16+/t24-,25+,26-,28-,29-/m0/s1. The van der Waals surface area contributed by atoms with E-state index in [2.05, 4.69) is 17.0 Å². The van der Waals surface area contributed by atoms with Gasteiger partial charge in [0, 0.05) is 23.3 Å². The van der Waals surface area contributed by atoms with Gasteiger partial charge >= 0.3 is 12.1 Å². The molecule has 214 valence electrons. The van der Waals surface area contributed by atoms with E-state index in [1.165, 1.54) is 13.1 Å². The van der Waals surface area contributed by atoms with Gasteiger partial charge in [-0.25, -0.2) is 0 Å². The molecule has 5 atom stereocenters. The van der Waals surface area contributed by atoms with Crippen molar-refractivity contribution in [3.05, 3.63) is 58.2 Å². The Balaban J connectivity index is 1.60. The predicted molar refractivity (Wildman–Crippen MR) is 140 cm³/mol. The van der Waals surface area contributed by atoms with Crippen LogP contribution in [0.2, 0.25) is 0 Å². The van der Waals surface area contributed by atoms with Crippen molar-refractivity contribution < 1.29 is 36.7 Å². The number of rotatable bonds is 4. The van der Waals surface area contributed by atoms with Crippen molar-refractivity contribution in [3.63, 3.8) is 0 Å². The number of nitrogens with zero attached hydrogens (tertiary/aromatic N) is 1. The summed E-state index contributed by atoms with van der Waals surface area (Å²) in [6.45, 7) is 3.64. The topological polar surface area (TPSA) is 58.9 Å². The van der Waals surface area contributed by atoms with Gasteiger partial charge in [0.2, 0.25) is 0 Å². The number of oxime groups is 1. The number of benzene rings is 1. The Kier molecular flexibility index (Phi) is 7.23. The minimum atomic E-state index is -5.87. The Labute approximate surface area is 230 Å². The fourth-order valence-electron chi connectivity index (χ4n) is 7.77. The SMILES string of the molecule is CCO/N=C/C#Cc1ccc([C@H]2C[C@@]3(C)[C@@H](CC[C@@]3(O)C(F)(F)C(F)(F)F)[C@@H]3CCC4=CC(=O)CCC4=C32)cc1. The molecule has 0 heterocycles. The van der Waals surface area contributed by atoms with Crippen molar-refractivity contribution in [3.8, 4) is 11.8 Å². The van der Waals surface area contributed by atoms with Crippen LogP contribution in [-0.4, -0.2) is 41.4 Å². The fourth-order valence-corrected chi connectivity index (χ4v) is 7.77. The first-order chi connectivity index (χ1) is 18.8. The molecule has 0 amide bonds.